The van der Waals surface area contributed by atoms with Crippen LogP contribution in [0.1, 0.15) is 65.2 Å². The first kappa shape index (κ1) is 14.5. The third-order valence-corrected chi connectivity index (χ3v) is 3.83. The first-order chi connectivity index (χ1) is 8.17. The molecule has 3 heteroatoms. The number of amides is 1. The van der Waals surface area contributed by atoms with E-state index in [-0.39, 0.29) is 11.9 Å². The third kappa shape index (κ3) is 5.07. The molecule has 0 saturated heterocycles. The van der Waals surface area contributed by atoms with Gasteiger partial charge in [0.2, 0.25) is 5.91 Å². The molecule has 0 heterocycles. The molecule has 0 aromatic carbocycles. The van der Waals surface area contributed by atoms with Gasteiger partial charge in [-0.2, -0.15) is 0 Å². The van der Waals surface area contributed by atoms with Gasteiger partial charge in [-0.05, 0) is 38.0 Å². The van der Waals surface area contributed by atoms with E-state index in [4.69, 9.17) is 5.73 Å². The van der Waals surface area contributed by atoms with Crippen molar-refractivity contribution in [3.63, 3.8) is 0 Å². The first-order valence-corrected chi connectivity index (χ1v) is 7.23. The average molecular weight is 240 g/mol. The van der Waals surface area contributed by atoms with Gasteiger partial charge in [-0.3, -0.25) is 4.79 Å². The molecule has 0 aromatic heterocycles. The van der Waals surface area contributed by atoms with Crippen LogP contribution >= 0.6 is 0 Å². The Kier molecular flexibility index (Phi) is 6.56. The highest BCUT2D eigenvalue weighted by atomic mass is 16.2. The maximum Gasteiger partial charge on any atom is 0.237 e. The summed E-state index contributed by atoms with van der Waals surface area (Å²) in [5.74, 6) is 0.934. The highest BCUT2D eigenvalue weighted by Gasteiger charge is 2.23. The van der Waals surface area contributed by atoms with Crippen LogP contribution in [0.3, 0.4) is 0 Å². The standard InChI is InChI=1S/C14H28N2O/c1-3-5-11-7-9-12(10-8-11)16-14(17)13(15)6-4-2/h11-13H,3-10,15H2,1-2H3,(H,16,17)/t11?,12?,13-/m1/s1. The predicted molar refractivity (Wildman–Crippen MR) is 71.7 cm³/mol. The monoisotopic (exact) mass is 240 g/mol. The molecule has 3 nitrogen and oxygen atoms in total. The lowest BCUT2D eigenvalue weighted by atomic mass is 9.83. The van der Waals surface area contributed by atoms with Gasteiger partial charge in [0, 0.05) is 6.04 Å². The van der Waals surface area contributed by atoms with Crippen molar-refractivity contribution in [2.75, 3.05) is 0 Å². The van der Waals surface area contributed by atoms with Crippen molar-refractivity contribution in [3.05, 3.63) is 0 Å². The fraction of sp³-hybridized carbons (Fsp3) is 0.929. The Labute approximate surface area is 106 Å². The Bertz CT molecular complexity index is 222. The van der Waals surface area contributed by atoms with Crippen LogP contribution in [-0.2, 0) is 4.79 Å². The molecule has 3 N–H and O–H groups in total. The summed E-state index contributed by atoms with van der Waals surface area (Å²) in [6, 6.07) is 0.0619. The summed E-state index contributed by atoms with van der Waals surface area (Å²) in [6.07, 6.45) is 9.18. The van der Waals surface area contributed by atoms with E-state index < -0.39 is 0 Å². The van der Waals surface area contributed by atoms with Gasteiger partial charge in [0.25, 0.3) is 0 Å². The zero-order valence-corrected chi connectivity index (χ0v) is 11.4. The van der Waals surface area contributed by atoms with Crippen molar-refractivity contribution >= 4 is 5.91 Å². The molecule has 0 aromatic rings. The summed E-state index contributed by atoms with van der Waals surface area (Å²) in [5, 5.41) is 3.10. The zero-order chi connectivity index (χ0) is 12.7. The SMILES string of the molecule is CCCC1CCC(NC(=O)[C@H](N)CCC)CC1. The Hall–Kier alpha value is -0.570. The van der Waals surface area contributed by atoms with E-state index in [1.54, 1.807) is 0 Å². The zero-order valence-electron chi connectivity index (χ0n) is 11.4. The second-order valence-electron chi connectivity index (χ2n) is 5.41. The molecule has 0 spiro atoms. The number of carbonyl (C=O) groups excluding carboxylic acids is 1. The third-order valence-electron chi connectivity index (χ3n) is 3.83. The Morgan fingerprint density at radius 1 is 1.24 bits per heavy atom. The van der Waals surface area contributed by atoms with Crippen molar-refractivity contribution in [2.45, 2.75) is 77.3 Å². The van der Waals surface area contributed by atoms with Gasteiger partial charge in [-0.25, -0.2) is 0 Å². The first-order valence-electron chi connectivity index (χ1n) is 7.23. The molecule has 0 aliphatic heterocycles. The molecular weight excluding hydrogens is 212 g/mol. The molecule has 1 amide bonds. The molecule has 17 heavy (non-hydrogen) atoms. The summed E-state index contributed by atoms with van der Waals surface area (Å²) in [5.41, 5.74) is 5.81. The van der Waals surface area contributed by atoms with E-state index in [1.807, 2.05) is 0 Å². The molecule has 0 unspecified atom stereocenters. The van der Waals surface area contributed by atoms with Crippen molar-refractivity contribution in [3.8, 4) is 0 Å². The van der Waals surface area contributed by atoms with Crippen LogP contribution in [-0.4, -0.2) is 18.0 Å². The molecule has 1 fully saturated rings. The molecule has 0 bridgehead atoms. The lowest BCUT2D eigenvalue weighted by Gasteiger charge is -2.29. The number of hydrogen-bond acceptors (Lipinski definition) is 2. The van der Waals surface area contributed by atoms with E-state index in [2.05, 4.69) is 19.2 Å². The van der Waals surface area contributed by atoms with Gasteiger partial charge in [-0.15, -0.1) is 0 Å². The van der Waals surface area contributed by atoms with E-state index in [0.717, 1.165) is 31.6 Å². The highest BCUT2D eigenvalue weighted by Crippen LogP contribution is 2.27. The maximum atomic E-state index is 11.8. The Balaban J connectivity index is 2.23. The van der Waals surface area contributed by atoms with Crippen molar-refractivity contribution in [2.24, 2.45) is 11.7 Å². The second kappa shape index (κ2) is 7.70. The minimum absolute atomic E-state index is 0.0470. The van der Waals surface area contributed by atoms with Crippen molar-refractivity contribution in [1.29, 1.82) is 0 Å². The molecule has 1 aliphatic carbocycles. The lowest BCUT2D eigenvalue weighted by Crippen LogP contribution is -2.46. The van der Waals surface area contributed by atoms with Gasteiger partial charge < -0.3 is 11.1 Å². The second-order valence-corrected chi connectivity index (χ2v) is 5.41. The minimum Gasteiger partial charge on any atom is -0.352 e. The van der Waals surface area contributed by atoms with Gasteiger partial charge >= 0.3 is 0 Å². The summed E-state index contributed by atoms with van der Waals surface area (Å²) < 4.78 is 0. The molecular formula is C14H28N2O. The Morgan fingerprint density at radius 2 is 1.88 bits per heavy atom. The van der Waals surface area contributed by atoms with E-state index >= 15 is 0 Å². The summed E-state index contributed by atoms with van der Waals surface area (Å²) in [6.45, 7) is 4.31. The van der Waals surface area contributed by atoms with Gasteiger partial charge in [0.15, 0.2) is 0 Å². The predicted octanol–water partition coefficient (Wildman–Crippen LogP) is 2.59. The minimum atomic E-state index is -0.312. The van der Waals surface area contributed by atoms with Crippen LogP contribution in [0.25, 0.3) is 0 Å². The summed E-state index contributed by atoms with van der Waals surface area (Å²) >= 11 is 0. The van der Waals surface area contributed by atoms with Crippen LogP contribution in [0.5, 0.6) is 0 Å². The quantitative estimate of drug-likeness (QED) is 0.750. The van der Waals surface area contributed by atoms with Crippen LogP contribution in [0.4, 0.5) is 0 Å². The molecule has 1 atom stereocenters. The largest absolute Gasteiger partial charge is 0.352 e. The maximum absolute atomic E-state index is 11.8. The van der Waals surface area contributed by atoms with Gasteiger partial charge in [0.1, 0.15) is 0 Å². The van der Waals surface area contributed by atoms with Crippen molar-refractivity contribution in [1.82, 2.24) is 5.32 Å². The smallest absolute Gasteiger partial charge is 0.237 e. The number of nitrogens with one attached hydrogen (secondary N) is 1. The molecule has 1 aliphatic rings. The van der Waals surface area contributed by atoms with Crippen molar-refractivity contribution < 1.29 is 4.79 Å². The van der Waals surface area contributed by atoms with Gasteiger partial charge in [-0.1, -0.05) is 33.1 Å². The van der Waals surface area contributed by atoms with Crippen LogP contribution in [0.2, 0.25) is 0 Å². The lowest BCUT2D eigenvalue weighted by molar-refractivity contribution is -0.123. The van der Waals surface area contributed by atoms with Gasteiger partial charge in [0.05, 0.1) is 6.04 Å². The van der Waals surface area contributed by atoms with Crippen LogP contribution in [0, 0.1) is 5.92 Å². The van der Waals surface area contributed by atoms with E-state index in [9.17, 15) is 4.79 Å². The van der Waals surface area contributed by atoms with E-state index in [0.29, 0.717) is 6.04 Å². The molecule has 1 saturated carbocycles. The number of nitrogens with two attached hydrogens (primary N) is 1. The number of hydrogen-bond donors (Lipinski definition) is 2. The summed E-state index contributed by atoms with van der Waals surface area (Å²) in [4.78, 5) is 11.8. The number of carbonyl (C=O) groups is 1. The highest BCUT2D eigenvalue weighted by molar-refractivity contribution is 5.81. The van der Waals surface area contributed by atoms with E-state index in [1.165, 1.54) is 25.7 Å². The Morgan fingerprint density at radius 3 is 2.41 bits per heavy atom. The fourth-order valence-electron chi connectivity index (χ4n) is 2.75. The normalized spacial score (nSPS) is 26.5. The van der Waals surface area contributed by atoms with Crippen LogP contribution in [0.15, 0.2) is 0 Å². The topological polar surface area (TPSA) is 55.1 Å². The average Bonchev–Trinajstić information content (AvgIpc) is 2.32. The molecule has 1 rings (SSSR count). The fourth-order valence-corrected chi connectivity index (χ4v) is 2.75. The number of rotatable bonds is 6. The summed E-state index contributed by atoms with van der Waals surface area (Å²) in [7, 11) is 0. The molecule has 100 valence electrons. The van der Waals surface area contributed by atoms with Crippen LogP contribution < -0.4 is 11.1 Å². The molecule has 0 radical (unpaired) electrons.